The Morgan fingerprint density at radius 1 is 1.11 bits per heavy atom. The minimum absolute atomic E-state index is 0.000187. The fraction of sp³-hybridized carbons (Fsp3) is 0.600. The molecular weight excluding hydrogens is 601 g/mol. The van der Waals surface area contributed by atoms with Crippen molar-refractivity contribution in [2.45, 2.75) is 82.5 Å². The second-order valence-corrected chi connectivity index (χ2v) is 14.4. The normalized spacial score (nSPS) is 25.4. The number of fused-ring (bicyclic) bond motifs is 3. The lowest BCUT2D eigenvalue weighted by atomic mass is 9.83. The van der Waals surface area contributed by atoms with Crippen LogP contribution < -0.4 is 15.4 Å². The number of ether oxygens (including phenoxy) is 1. The first-order valence-corrected chi connectivity index (χ1v) is 17.2. The number of carbonyl (C=O) groups is 2. The first-order chi connectivity index (χ1) is 22.6. The number of aliphatic hydroxyl groups is 1. The van der Waals surface area contributed by atoms with Crippen LogP contribution >= 0.6 is 0 Å². The van der Waals surface area contributed by atoms with Crippen LogP contribution in [0.5, 0.6) is 5.88 Å². The molecule has 2 atom stereocenters. The van der Waals surface area contributed by atoms with Crippen LogP contribution in [0.1, 0.15) is 75.2 Å². The van der Waals surface area contributed by atoms with Gasteiger partial charge in [-0.05, 0) is 96.0 Å². The summed E-state index contributed by atoms with van der Waals surface area (Å²) >= 11 is 0. The zero-order valence-electron chi connectivity index (χ0n) is 27.3. The molecule has 4 aliphatic rings. The lowest BCUT2D eigenvalue weighted by molar-refractivity contribution is -0.138. The Morgan fingerprint density at radius 2 is 1.89 bits per heavy atom. The number of rotatable bonds is 9. The molecule has 3 N–H and O–H groups in total. The van der Waals surface area contributed by atoms with Gasteiger partial charge in [0.15, 0.2) is 0 Å². The van der Waals surface area contributed by atoms with Crippen molar-refractivity contribution in [3.05, 3.63) is 47.9 Å². The van der Waals surface area contributed by atoms with Crippen molar-refractivity contribution in [1.29, 1.82) is 0 Å². The summed E-state index contributed by atoms with van der Waals surface area (Å²) in [7, 11) is 0. The van der Waals surface area contributed by atoms with Crippen molar-refractivity contribution in [3.63, 3.8) is 0 Å². The van der Waals surface area contributed by atoms with Gasteiger partial charge in [-0.25, -0.2) is 14.4 Å². The molecule has 1 aliphatic carbocycles. The first-order valence-electron chi connectivity index (χ1n) is 17.2. The summed E-state index contributed by atoms with van der Waals surface area (Å²) < 4.78 is 22.1. The summed E-state index contributed by atoms with van der Waals surface area (Å²) in [4.78, 5) is 40.4. The number of amides is 2. The number of nitrogens with one attached hydrogen (secondary N) is 2. The molecule has 1 aromatic carbocycles. The number of hydrogen-bond donors (Lipinski definition) is 3. The lowest BCUT2D eigenvalue weighted by Gasteiger charge is -2.37. The van der Waals surface area contributed by atoms with Gasteiger partial charge in [-0.15, -0.1) is 0 Å². The number of imidazole rings is 1. The van der Waals surface area contributed by atoms with Gasteiger partial charge in [-0.3, -0.25) is 19.8 Å². The number of benzene rings is 1. The summed E-state index contributed by atoms with van der Waals surface area (Å²) in [5.41, 5.74) is 0.981. The summed E-state index contributed by atoms with van der Waals surface area (Å²) in [6.45, 7) is 8.56. The molecule has 4 fully saturated rings. The van der Waals surface area contributed by atoms with Gasteiger partial charge in [0, 0.05) is 55.3 Å². The van der Waals surface area contributed by atoms with E-state index in [1.165, 1.54) is 18.2 Å². The maximum atomic E-state index is 13.9. The average molecular weight is 648 g/mol. The van der Waals surface area contributed by atoms with E-state index < -0.39 is 17.3 Å². The van der Waals surface area contributed by atoms with Crippen LogP contribution in [0.2, 0.25) is 0 Å². The number of halogens is 1. The van der Waals surface area contributed by atoms with Crippen LogP contribution in [0.25, 0.3) is 11.0 Å². The highest BCUT2D eigenvalue weighted by molar-refractivity contribution is 6.04. The van der Waals surface area contributed by atoms with E-state index in [2.05, 4.69) is 25.4 Å². The maximum Gasteiger partial charge on any atom is 0.258 e. The molecule has 2 bridgehead atoms. The molecule has 0 radical (unpaired) electrons. The van der Waals surface area contributed by atoms with E-state index >= 15 is 0 Å². The Bertz CT molecular complexity index is 1610. The van der Waals surface area contributed by atoms with Gasteiger partial charge >= 0.3 is 0 Å². The predicted octanol–water partition coefficient (Wildman–Crippen LogP) is 3.99. The molecule has 3 saturated heterocycles. The zero-order chi connectivity index (χ0) is 32.7. The van der Waals surface area contributed by atoms with Gasteiger partial charge in [-0.1, -0.05) is 6.07 Å². The first kappa shape index (κ1) is 32.0. The van der Waals surface area contributed by atoms with Crippen molar-refractivity contribution in [2.24, 2.45) is 11.8 Å². The largest absolute Gasteiger partial charge is 0.476 e. The number of likely N-dealkylation sites (tertiary alicyclic amines) is 2. The molecule has 2 amide bonds. The molecule has 1 saturated carbocycles. The maximum absolute atomic E-state index is 13.9. The van der Waals surface area contributed by atoms with Gasteiger partial charge in [0.1, 0.15) is 17.9 Å². The third-order valence-electron chi connectivity index (χ3n) is 10.9. The molecule has 3 aliphatic heterocycles. The van der Waals surface area contributed by atoms with Crippen molar-refractivity contribution >= 4 is 28.8 Å². The number of hydrogen-bond acceptors (Lipinski definition) is 8. The molecule has 5 heterocycles. The van der Waals surface area contributed by atoms with Crippen molar-refractivity contribution < 1.29 is 23.8 Å². The van der Waals surface area contributed by atoms with Crippen molar-refractivity contribution in [1.82, 2.24) is 29.7 Å². The van der Waals surface area contributed by atoms with E-state index in [1.54, 1.807) is 12.3 Å². The van der Waals surface area contributed by atoms with Crippen LogP contribution in [0.3, 0.4) is 0 Å². The van der Waals surface area contributed by atoms with E-state index in [4.69, 9.17) is 9.72 Å². The van der Waals surface area contributed by atoms with Crippen LogP contribution in [-0.2, 0) is 4.79 Å². The Kier molecular flexibility index (Phi) is 8.92. The number of nitrogens with zero attached hydrogens (tertiary/aromatic N) is 5. The van der Waals surface area contributed by atoms with Crippen LogP contribution in [0.15, 0.2) is 36.5 Å². The zero-order valence-corrected chi connectivity index (χ0v) is 27.3. The summed E-state index contributed by atoms with van der Waals surface area (Å²) in [6.07, 6.45) is 7.70. The molecule has 3 aromatic rings. The standard InChI is InChI=1S/C35H46FN7O4/c1-35(2,46)24-10-12-41(13-11-24)14-15-47-31-18-30-29(20-38-31)39-34(40-32(44)23-4-3-5-25(36)16-23)43(30)27-8-6-22(7-9-27)33(45)42-21-26-17-28(42)19-37-26/h3-5,16,18,20,22,24,26-28,37,46H,6-15,17,19,21H2,1-2H3,(H,39,40,44)/t22?,26-,27?,28-/m0/s1. The van der Waals surface area contributed by atoms with Gasteiger partial charge in [-0.2, -0.15) is 0 Å². The van der Waals surface area contributed by atoms with Gasteiger partial charge in [0.2, 0.25) is 17.7 Å². The van der Waals surface area contributed by atoms with Crippen LogP contribution in [-0.4, -0.2) is 98.3 Å². The van der Waals surface area contributed by atoms with Crippen molar-refractivity contribution in [2.75, 3.05) is 44.6 Å². The summed E-state index contributed by atoms with van der Waals surface area (Å²) in [5.74, 6) is 0.510. The topological polar surface area (TPSA) is 125 Å². The summed E-state index contributed by atoms with van der Waals surface area (Å²) in [5, 5.41) is 16.8. The monoisotopic (exact) mass is 647 g/mol. The third kappa shape index (κ3) is 6.86. The number of aromatic nitrogens is 3. The fourth-order valence-corrected chi connectivity index (χ4v) is 8.11. The lowest BCUT2D eigenvalue weighted by Crippen LogP contribution is -2.49. The molecule has 12 heteroatoms. The smallest absolute Gasteiger partial charge is 0.258 e. The Hall–Kier alpha value is -3.61. The average Bonchev–Trinajstić information content (AvgIpc) is 3.79. The molecule has 47 heavy (non-hydrogen) atoms. The second kappa shape index (κ2) is 13.1. The van der Waals surface area contributed by atoms with E-state index in [9.17, 15) is 19.1 Å². The SMILES string of the molecule is CC(C)(O)C1CCN(CCOc2cc3c(cn2)nc(NC(=O)c2cccc(F)c2)n3C2CCC(C(=O)N3C[C@@H]4C[C@H]3CN4)CC2)CC1. The van der Waals surface area contributed by atoms with E-state index in [1.807, 2.05) is 24.5 Å². The number of piperidine rings is 1. The number of pyridine rings is 1. The highest BCUT2D eigenvalue weighted by atomic mass is 19.1. The fourth-order valence-electron chi connectivity index (χ4n) is 8.11. The highest BCUT2D eigenvalue weighted by Crippen LogP contribution is 2.39. The number of piperazine rings is 1. The van der Waals surface area contributed by atoms with E-state index in [-0.39, 0.29) is 23.4 Å². The quantitative estimate of drug-likeness (QED) is 0.319. The number of anilines is 1. The van der Waals surface area contributed by atoms with E-state index in [0.717, 1.165) is 83.2 Å². The molecule has 252 valence electrons. The Balaban J connectivity index is 1.06. The molecule has 2 aromatic heterocycles. The minimum Gasteiger partial charge on any atom is -0.476 e. The third-order valence-corrected chi connectivity index (χ3v) is 10.9. The summed E-state index contributed by atoms with van der Waals surface area (Å²) in [6, 6.07) is 8.24. The van der Waals surface area contributed by atoms with Crippen LogP contribution in [0, 0.1) is 17.7 Å². The second-order valence-electron chi connectivity index (χ2n) is 14.4. The Morgan fingerprint density at radius 3 is 2.57 bits per heavy atom. The molecule has 0 unspecified atom stereocenters. The number of carbonyl (C=O) groups excluding carboxylic acids is 2. The minimum atomic E-state index is -0.652. The van der Waals surface area contributed by atoms with Gasteiger partial charge < -0.3 is 24.6 Å². The van der Waals surface area contributed by atoms with E-state index in [0.29, 0.717) is 42.0 Å². The van der Waals surface area contributed by atoms with Gasteiger partial charge in [0.05, 0.1) is 17.3 Å². The van der Waals surface area contributed by atoms with Crippen LogP contribution in [0.4, 0.5) is 10.3 Å². The molecule has 11 nitrogen and oxygen atoms in total. The predicted molar refractivity (Wildman–Crippen MR) is 176 cm³/mol. The molecular formula is C35H46FN7O4. The van der Waals surface area contributed by atoms with Gasteiger partial charge in [0.25, 0.3) is 5.91 Å². The molecule has 7 rings (SSSR count). The van der Waals surface area contributed by atoms with Crippen molar-refractivity contribution in [3.8, 4) is 5.88 Å². The molecule has 0 spiro atoms. The highest BCUT2D eigenvalue weighted by Gasteiger charge is 2.43. The Labute approximate surface area is 274 Å².